The highest BCUT2D eigenvalue weighted by Gasteiger charge is 2.79. The second-order valence-corrected chi connectivity index (χ2v) is 6.34. The van der Waals surface area contributed by atoms with Gasteiger partial charge in [-0.3, -0.25) is 0 Å². The van der Waals surface area contributed by atoms with E-state index in [1.54, 1.807) is 12.8 Å². The lowest BCUT2D eigenvalue weighted by molar-refractivity contribution is 0.132. The van der Waals surface area contributed by atoms with E-state index in [0.29, 0.717) is 0 Å². The molecule has 0 radical (unpaired) electrons. The molecular weight excluding hydrogens is 158 g/mol. The van der Waals surface area contributed by atoms with Crippen LogP contribution < -0.4 is 5.73 Å². The molecule has 6 saturated carbocycles. The van der Waals surface area contributed by atoms with E-state index in [1.165, 1.54) is 23.7 Å². The van der Waals surface area contributed by atoms with E-state index >= 15 is 0 Å². The Balaban J connectivity index is 1.79. The largest absolute Gasteiger partial charge is 0.330 e. The maximum absolute atomic E-state index is 5.97. The average molecular weight is 175 g/mol. The summed E-state index contributed by atoms with van der Waals surface area (Å²) in [5.41, 5.74) is 5.97. The van der Waals surface area contributed by atoms with Crippen LogP contribution in [0.5, 0.6) is 0 Å². The third kappa shape index (κ3) is 0.407. The second kappa shape index (κ2) is 1.60. The lowest BCUT2D eigenvalue weighted by Gasteiger charge is -2.33. The first kappa shape index (κ1) is 6.44. The van der Waals surface area contributed by atoms with Crippen LogP contribution in [0.25, 0.3) is 0 Å². The Hall–Kier alpha value is -0.0400. The number of nitrogens with two attached hydrogens (primary N) is 1. The molecule has 6 aliphatic rings. The van der Waals surface area contributed by atoms with Crippen LogP contribution in [0.1, 0.15) is 12.8 Å². The number of hydrogen-bond donors (Lipinski definition) is 1. The lowest BCUT2D eigenvalue weighted by Crippen LogP contribution is -2.30. The molecule has 6 fully saturated rings. The Labute approximate surface area is 79.1 Å². The smallest absolute Gasteiger partial charge is 0.00431 e. The summed E-state index contributed by atoms with van der Waals surface area (Å²) in [7, 11) is 0. The zero-order valence-electron chi connectivity index (χ0n) is 7.89. The molecule has 0 aliphatic heterocycles. The van der Waals surface area contributed by atoms with Crippen LogP contribution in [0.3, 0.4) is 0 Å². The van der Waals surface area contributed by atoms with Crippen molar-refractivity contribution in [2.45, 2.75) is 12.8 Å². The van der Waals surface area contributed by atoms with Gasteiger partial charge in [0.1, 0.15) is 0 Å². The van der Waals surface area contributed by atoms with Gasteiger partial charge in [0, 0.05) is 0 Å². The molecule has 0 aromatic heterocycles. The predicted molar refractivity (Wildman–Crippen MR) is 49.7 cm³/mol. The first-order chi connectivity index (χ1) is 6.42. The van der Waals surface area contributed by atoms with Crippen molar-refractivity contribution < 1.29 is 0 Å². The molecule has 0 heterocycles. The molecule has 0 spiro atoms. The maximum Gasteiger partial charge on any atom is -0.00431 e. The van der Waals surface area contributed by atoms with Crippen LogP contribution in [0.15, 0.2) is 0 Å². The predicted octanol–water partition coefficient (Wildman–Crippen LogP) is 1.34. The van der Waals surface area contributed by atoms with E-state index in [4.69, 9.17) is 5.73 Å². The number of hydrogen-bond acceptors (Lipinski definition) is 1. The van der Waals surface area contributed by atoms with Crippen LogP contribution >= 0.6 is 0 Å². The van der Waals surface area contributed by atoms with E-state index in [2.05, 4.69) is 0 Å². The molecule has 6 bridgehead atoms. The summed E-state index contributed by atoms with van der Waals surface area (Å²) < 4.78 is 0. The Morgan fingerprint density at radius 3 is 1.77 bits per heavy atom. The van der Waals surface area contributed by atoms with Gasteiger partial charge in [-0.1, -0.05) is 0 Å². The second-order valence-electron chi connectivity index (χ2n) is 6.34. The third-order valence-corrected chi connectivity index (χ3v) is 6.75. The Kier molecular flexibility index (Phi) is 0.793. The molecular formula is C12H17N. The summed E-state index contributed by atoms with van der Waals surface area (Å²) in [6, 6.07) is 0. The van der Waals surface area contributed by atoms with Gasteiger partial charge in [0.05, 0.1) is 0 Å². The van der Waals surface area contributed by atoms with Gasteiger partial charge < -0.3 is 5.73 Å². The molecule has 0 aromatic carbocycles. The van der Waals surface area contributed by atoms with E-state index in [0.717, 1.165) is 36.1 Å². The molecule has 9 atom stereocenters. The van der Waals surface area contributed by atoms with Crippen LogP contribution in [0, 0.1) is 53.3 Å². The summed E-state index contributed by atoms with van der Waals surface area (Å²) in [6.45, 7) is 1.01. The zero-order chi connectivity index (χ0) is 8.32. The van der Waals surface area contributed by atoms with Crippen LogP contribution in [0.4, 0.5) is 0 Å². The zero-order valence-corrected chi connectivity index (χ0v) is 7.89. The highest BCUT2D eigenvalue weighted by molar-refractivity contribution is 5.27. The van der Waals surface area contributed by atoms with Crippen molar-refractivity contribution >= 4 is 0 Å². The molecule has 2 N–H and O–H groups in total. The Morgan fingerprint density at radius 2 is 1.31 bits per heavy atom. The van der Waals surface area contributed by atoms with Crippen molar-refractivity contribution in [3.8, 4) is 0 Å². The maximum atomic E-state index is 5.97. The molecule has 0 aromatic rings. The highest BCUT2D eigenvalue weighted by atomic mass is 14.9. The van der Waals surface area contributed by atoms with Crippen LogP contribution in [0.2, 0.25) is 0 Å². The molecule has 1 nitrogen and oxygen atoms in total. The minimum absolute atomic E-state index is 0.975. The van der Waals surface area contributed by atoms with Crippen molar-refractivity contribution in [1.82, 2.24) is 0 Å². The van der Waals surface area contributed by atoms with Crippen molar-refractivity contribution in [1.29, 1.82) is 0 Å². The van der Waals surface area contributed by atoms with Gasteiger partial charge in [-0.05, 0) is 72.6 Å². The van der Waals surface area contributed by atoms with E-state index in [-0.39, 0.29) is 0 Å². The first-order valence-electron chi connectivity index (χ1n) is 6.12. The standard InChI is InChI=1S/C12H17N/c13-3-8-11-6-1-4-5-2-7(9(4)11)12(8)10(5)6/h4-12H,1-3,13H2/t4-,5+,6-,7-,8?,9-,10-,11+,12+/m0/s1. The van der Waals surface area contributed by atoms with Crippen LogP contribution in [-0.2, 0) is 0 Å². The lowest BCUT2D eigenvalue weighted by atomic mass is 9.71. The molecule has 1 unspecified atom stereocenters. The fourth-order valence-corrected chi connectivity index (χ4v) is 7.13. The van der Waals surface area contributed by atoms with Gasteiger partial charge in [-0.2, -0.15) is 0 Å². The van der Waals surface area contributed by atoms with E-state index in [1.807, 2.05) is 0 Å². The van der Waals surface area contributed by atoms with Gasteiger partial charge in [0.25, 0.3) is 0 Å². The fraction of sp³-hybridized carbons (Fsp3) is 1.00. The van der Waals surface area contributed by atoms with E-state index in [9.17, 15) is 0 Å². The van der Waals surface area contributed by atoms with Crippen molar-refractivity contribution in [3.63, 3.8) is 0 Å². The van der Waals surface area contributed by atoms with Crippen LogP contribution in [-0.4, -0.2) is 6.54 Å². The monoisotopic (exact) mass is 175 g/mol. The molecule has 6 aliphatic carbocycles. The number of rotatable bonds is 1. The van der Waals surface area contributed by atoms with E-state index < -0.39 is 0 Å². The first-order valence-corrected chi connectivity index (χ1v) is 6.12. The minimum atomic E-state index is 0.975. The van der Waals surface area contributed by atoms with Gasteiger partial charge in [0.2, 0.25) is 0 Å². The van der Waals surface area contributed by atoms with Crippen molar-refractivity contribution in [3.05, 3.63) is 0 Å². The molecule has 0 amide bonds. The highest BCUT2D eigenvalue weighted by Crippen LogP contribution is 2.84. The molecule has 0 saturated heterocycles. The summed E-state index contributed by atoms with van der Waals surface area (Å²) in [6.07, 6.45) is 3.24. The third-order valence-electron chi connectivity index (χ3n) is 6.75. The minimum Gasteiger partial charge on any atom is -0.330 e. The molecule has 13 heavy (non-hydrogen) atoms. The Morgan fingerprint density at radius 1 is 0.769 bits per heavy atom. The molecule has 6 rings (SSSR count). The molecule has 70 valence electrons. The topological polar surface area (TPSA) is 26.0 Å². The SMILES string of the molecule is NCC1[C@H]2[C@H]3C[C@H]4[C@H]5C[C@H]([C@H]1[C@@H]53)[C@H]42. The summed E-state index contributed by atoms with van der Waals surface area (Å²) in [5.74, 6) is 10.3. The van der Waals surface area contributed by atoms with Crippen molar-refractivity contribution in [2.75, 3.05) is 6.54 Å². The average Bonchev–Trinajstić information content (AvgIpc) is 2.78. The summed E-state index contributed by atoms with van der Waals surface area (Å²) in [5, 5.41) is 0. The summed E-state index contributed by atoms with van der Waals surface area (Å²) >= 11 is 0. The Bertz CT molecular complexity index is 271. The normalized spacial score (nSPS) is 79.6. The van der Waals surface area contributed by atoms with Gasteiger partial charge in [-0.25, -0.2) is 0 Å². The summed E-state index contributed by atoms with van der Waals surface area (Å²) in [4.78, 5) is 0. The quantitative estimate of drug-likeness (QED) is 0.639. The van der Waals surface area contributed by atoms with Gasteiger partial charge >= 0.3 is 0 Å². The molecule has 1 heteroatoms. The van der Waals surface area contributed by atoms with Crippen molar-refractivity contribution in [2.24, 2.45) is 59.0 Å². The van der Waals surface area contributed by atoms with Gasteiger partial charge in [-0.15, -0.1) is 0 Å². The van der Waals surface area contributed by atoms with Gasteiger partial charge in [0.15, 0.2) is 0 Å². The fourth-order valence-electron chi connectivity index (χ4n) is 7.13.